The van der Waals surface area contributed by atoms with Crippen LogP contribution in [0.2, 0.25) is 0 Å². The summed E-state index contributed by atoms with van der Waals surface area (Å²) in [6.45, 7) is 1.65. The van der Waals surface area contributed by atoms with Crippen molar-refractivity contribution in [2.24, 2.45) is 4.99 Å². The number of aliphatic imine (C=N–C) groups is 1. The molecule has 0 saturated heterocycles. The number of carbonyl (C=O) groups is 1. The van der Waals surface area contributed by atoms with Gasteiger partial charge >= 0.3 is 0 Å². The predicted octanol–water partition coefficient (Wildman–Crippen LogP) is 3.84. The Morgan fingerprint density at radius 3 is 2.24 bits per heavy atom. The molecule has 6 nitrogen and oxygen atoms in total. The molecule has 148 valence electrons. The van der Waals surface area contributed by atoms with Crippen LogP contribution in [0.25, 0.3) is 0 Å². The van der Waals surface area contributed by atoms with Gasteiger partial charge < -0.3 is 4.74 Å². The Bertz CT molecular complexity index is 1090. The van der Waals surface area contributed by atoms with Gasteiger partial charge in [0.15, 0.2) is 0 Å². The SMILES string of the molecule is CC(=O)NS(=O)(=O)c1ccc(N=Cc2ccc(OCc3ccccc3)cc2)cc1. The fourth-order valence-electron chi connectivity index (χ4n) is 2.50. The number of rotatable bonds is 7. The number of hydrogen-bond donors (Lipinski definition) is 1. The summed E-state index contributed by atoms with van der Waals surface area (Å²) in [6, 6.07) is 23.4. The summed E-state index contributed by atoms with van der Waals surface area (Å²) >= 11 is 0. The Kier molecular flexibility index (Phi) is 6.41. The van der Waals surface area contributed by atoms with Crippen LogP contribution in [-0.4, -0.2) is 20.5 Å². The molecule has 0 heterocycles. The molecule has 0 unspecified atom stereocenters. The van der Waals surface area contributed by atoms with Crippen molar-refractivity contribution >= 4 is 27.8 Å². The minimum Gasteiger partial charge on any atom is -0.489 e. The third-order valence-electron chi connectivity index (χ3n) is 3.92. The van der Waals surface area contributed by atoms with Gasteiger partial charge in [-0.25, -0.2) is 13.1 Å². The maximum absolute atomic E-state index is 11.9. The molecule has 0 atom stereocenters. The van der Waals surface area contributed by atoms with Gasteiger partial charge in [-0.05, 0) is 59.7 Å². The zero-order chi connectivity index (χ0) is 20.7. The zero-order valence-electron chi connectivity index (χ0n) is 15.8. The summed E-state index contributed by atoms with van der Waals surface area (Å²) < 4.78 is 31.5. The molecule has 29 heavy (non-hydrogen) atoms. The Balaban J connectivity index is 1.60. The van der Waals surface area contributed by atoms with E-state index in [1.54, 1.807) is 18.3 Å². The van der Waals surface area contributed by atoms with Crippen LogP contribution >= 0.6 is 0 Å². The highest BCUT2D eigenvalue weighted by molar-refractivity contribution is 7.90. The molecule has 0 radical (unpaired) electrons. The lowest BCUT2D eigenvalue weighted by Crippen LogP contribution is -2.28. The maximum Gasteiger partial charge on any atom is 0.264 e. The summed E-state index contributed by atoms with van der Waals surface area (Å²) in [4.78, 5) is 15.3. The number of carbonyl (C=O) groups excluding carboxylic acids is 1. The molecular weight excluding hydrogens is 388 g/mol. The standard InChI is InChI=1S/C22H20N2O4S/c1-17(25)24-29(26,27)22-13-9-20(10-14-22)23-15-18-7-11-21(12-8-18)28-16-19-5-3-2-4-6-19/h2-15H,16H2,1H3,(H,24,25). The number of benzene rings is 3. The molecule has 0 bridgehead atoms. The highest BCUT2D eigenvalue weighted by Gasteiger charge is 2.14. The number of ether oxygens (including phenoxy) is 1. The molecule has 1 amide bonds. The van der Waals surface area contributed by atoms with Gasteiger partial charge in [0.05, 0.1) is 10.6 Å². The summed E-state index contributed by atoms with van der Waals surface area (Å²) in [5, 5.41) is 0. The highest BCUT2D eigenvalue weighted by atomic mass is 32.2. The zero-order valence-corrected chi connectivity index (χ0v) is 16.6. The molecule has 0 spiro atoms. The van der Waals surface area contributed by atoms with Crippen molar-refractivity contribution in [3.63, 3.8) is 0 Å². The van der Waals surface area contributed by atoms with Crippen molar-refractivity contribution in [2.45, 2.75) is 18.4 Å². The van der Waals surface area contributed by atoms with Gasteiger partial charge in [0.2, 0.25) is 5.91 Å². The average molecular weight is 408 g/mol. The van der Waals surface area contributed by atoms with Crippen LogP contribution in [0.15, 0.2) is 88.8 Å². The molecule has 3 rings (SSSR count). The second kappa shape index (κ2) is 9.16. The van der Waals surface area contributed by atoms with E-state index in [9.17, 15) is 13.2 Å². The van der Waals surface area contributed by atoms with Crippen molar-refractivity contribution in [1.29, 1.82) is 0 Å². The van der Waals surface area contributed by atoms with Crippen LogP contribution in [0, 0.1) is 0 Å². The van der Waals surface area contributed by atoms with E-state index in [0.29, 0.717) is 12.3 Å². The summed E-state index contributed by atoms with van der Waals surface area (Å²) in [5.74, 6) is 0.127. The molecule has 3 aromatic rings. The smallest absolute Gasteiger partial charge is 0.264 e. The summed E-state index contributed by atoms with van der Waals surface area (Å²) in [7, 11) is -3.84. The largest absolute Gasteiger partial charge is 0.489 e. The van der Waals surface area contributed by atoms with E-state index >= 15 is 0 Å². The normalized spacial score (nSPS) is 11.3. The second-order valence-corrected chi connectivity index (χ2v) is 7.94. The molecule has 0 aliphatic heterocycles. The highest BCUT2D eigenvalue weighted by Crippen LogP contribution is 2.18. The van der Waals surface area contributed by atoms with E-state index in [-0.39, 0.29) is 4.90 Å². The topological polar surface area (TPSA) is 84.8 Å². The van der Waals surface area contributed by atoms with E-state index in [1.165, 1.54) is 12.1 Å². The first kappa shape index (κ1) is 20.3. The molecule has 0 aliphatic rings. The summed E-state index contributed by atoms with van der Waals surface area (Å²) in [5.41, 5.74) is 2.57. The van der Waals surface area contributed by atoms with Crippen LogP contribution in [-0.2, 0) is 21.4 Å². The lowest BCUT2D eigenvalue weighted by atomic mass is 10.2. The quantitative estimate of drug-likeness (QED) is 0.602. The number of nitrogens with zero attached hydrogens (tertiary/aromatic N) is 1. The Hall–Kier alpha value is -3.45. The average Bonchev–Trinajstić information content (AvgIpc) is 2.72. The van der Waals surface area contributed by atoms with Gasteiger partial charge in [0.25, 0.3) is 10.0 Å². The molecule has 0 aliphatic carbocycles. The molecule has 7 heteroatoms. The first-order valence-electron chi connectivity index (χ1n) is 8.87. The van der Waals surface area contributed by atoms with Gasteiger partial charge in [-0.3, -0.25) is 9.79 Å². The lowest BCUT2D eigenvalue weighted by Gasteiger charge is -2.06. The Morgan fingerprint density at radius 2 is 1.62 bits per heavy atom. The first-order valence-corrected chi connectivity index (χ1v) is 10.3. The Morgan fingerprint density at radius 1 is 0.966 bits per heavy atom. The van der Waals surface area contributed by atoms with E-state index in [2.05, 4.69) is 4.99 Å². The van der Waals surface area contributed by atoms with Crippen molar-refractivity contribution in [1.82, 2.24) is 4.72 Å². The monoisotopic (exact) mass is 408 g/mol. The van der Waals surface area contributed by atoms with E-state index in [1.807, 2.05) is 59.3 Å². The van der Waals surface area contributed by atoms with Crippen molar-refractivity contribution in [3.05, 3.63) is 90.0 Å². The molecular formula is C22H20N2O4S. The molecule has 1 N–H and O–H groups in total. The van der Waals surface area contributed by atoms with Gasteiger partial charge in [-0.2, -0.15) is 0 Å². The second-order valence-electron chi connectivity index (χ2n) is 6.26. The number of nitrogens with one attached hydrogen (secondary N) is 1. The first-order chi connectivity index (χ1) is 13.9. The minimum atomic E-state index is -3.84. The van der Waals surface area contributed by atoms with Crippen molar-refractivity contribution < 1.29 is 17.9 Å². The fourth-order valence-corrected chi connectivity index (χ4v) is 3.49. The maximum atomic E-state index is 11.9. The van der Waals surface area contributed by atoms with Gasteiger partial charge in [-0.1, -0.05) is 30.3 Å². The van der Waals surface area contributed by atoms with Crippen molar-refractivity contribution in [2.75, 3.05) is 0 Å². The fraction of sp³-hybridized carbons (Fsp3) is 0.0909. The predicted molar refractivity (Wildman–Crippen MR) is 112 cm³/mol. The lowest BCUT2D eigenvalue weighted by molar-refractivity contribution is -0.117. The van der Waals surface area contributed by atoms with E-state index in [0.717, 1.165) is 23.8 Å². The van der Waals surface area contributed by atoms with Gasteiger partial charge in [-0.15, -0.1) is 0 Å². The molecule has 0 aromatic heterocycles. The van der Waals surface area contributed by atoms with Crippen molar-refractivity contribution in [3.8, 4) is 5.75 Å². The minimum absolute atomic E-state index is 0.00608. The third kappa shape index (κ3) is 6.02. The Labute approximate surface area is 169 Å². The van der Waals surface area contributed by atoms with Crippen LogP contribution in [0.5, 0.6) is 5.75 Å². The third-order valence-corrected chi connectivity index (χ3v) is 5.37. The molecule has 0 saturated carbocycles. The van der Waals surface area contributed by atoms with Crippen LogP contribution < -0.4 is 9.46 Å². The number of hydrogen-bond acceptors (Lipinski definition) is 5. The van der Waals surface area contributed by atoms with Crippen LogP contribution in [0.1, 0.15) is 18.1 Å². The number of sulfonamides is 1. The van der Waals surface area contributed by atoms with Crippen LogP contribution in [0.4, 0.5) is 5.69 Å². The van der Waals surface area contributed by atoms with Gasteiger partial charge in [0, 0.05) is 13.1 Å². The summed E-state index contributed by atoms with van der Waals surface area (Å²) in [6.07, 6.45) is 1.68. The van der Waals surface area contributed by atoms with Crippen LogP contribution in [0.3, 0.4) is 0 Å². The van der Waals surface area contributed by atoms with E-state index in [4.69, 9.17) is 4.74 Å². The van der Waals surface area contributed by atoms with E-state index < -0.39 is 15.9 Å². The number of amides is 1. The molecule has 0 fully saturated rings. The molecule has 3 aromatic carbocycles. The van der Waals surface area contributed by atoms with Gasteiger partial charge in [0.1, 0.15) is 12.4 Å².